The molecule has 102 valence electrons. The van der Waals surface area contributed by atoms with Crippen LogP contribution in [0, 0.1) is 0 Å². The van der Waals surface area contributed by atoms with Crippen LogP contribution in [0.15, 0.2) is 33.1 Å². The molecular formula is C9H11N5O4S. The van der Waals surface area contributed by atoms with Gasteiger partial charge < -0.3 is 9.97 Å². The quantitative estimate of drug-likeness (QED) is 0.518. The molecule has 0 spiro atoms. The molecule has 0 atom stereocenters. The molecule has 0 aliphatic rings. The second-order valence-corrected chi connectivity index (χ2v) is 5.36. The molecule has 10 heteroatoms. The van der Waals surface area contributed by atoms with Crippen LogP contribution in [0.4, 0.5) is 0 Å². The van der Waals surface area contributed by atoms with Crippen molar-refractivity contribution in [2.24, 2.45) is 0 Å². The average Bonchev–Trinajstić information content (AvgIpc) is 2.81. The van der Waals surface area contributed by atoms with Gasteiger partial charge in [-0.2, -0.15) is 0 Å². The summed E-state index contributed by atoms with van der Waals surface area (Å²) in [5.74, 6) is 0.623. The third-order valence-corrected chi connectivity index (χ3v) is 3.75. The summed E-state index contributed by atoms with van der Waals surface area (Å²) in [5.41, 5.74) is -1.73. The SMILES string of the molecule is O=c1[nH]cc(S(=O)(=O)NCCc2ncc[nH]2)c(=O)[nH]1. The highest BCUT2D eigenvalue weighted by molar-refractivity contribution is 7.89. The van der Waals surface area contributed by atoms with E-state index in [0.29, 0.717) is 12.2 Å². The second kappa shape index (κ2) is 5.20. The first-order chi connectivity index (χ1) is 8.99. The summed E-state index contributed by atoms with van der Waals surface area (Å²) in [4.78, 5) is 32.3. The van der Waals surface area contributed by atoms with Gasteiger partial charge in [0.05, 0.1) is 0 Å². The minimum Gasteiger partial charge on any atom is -0.349 e. The molecule has 9 nitrogen and oxygen atoms in total. The van der Waals surface area contributed by atoms with Gasteiger partial charge in [0.15, 0.2) is 4.90 Å². The molecule has 0 aliphatic heterocycles. The number of nitrogens with one attached hydrogen (secondary N) is 4. The van der Waals surface area contributed by atoms with E-state index in [9.17, 15) is 18.0 Å². The molecule has 0 fully saturated rings. The van der Waals surface area contributed by atoms with Crippen LogP contribution in [-0.4, -0.2) is 34.9 Å². The molecule has 19 heavy (non-hydrogen) atoms. The topological polar surface area (TPSA) is 141 Å². The molecule has 2 heterocycles. The van der Waals surface area contributed by atoms with Gasteiger partial charge in [0.1, 0.15) is 5.82 Å². The summed E-state index contributed by atoms with van der Waals surface area (Å²) in [5, 5.41) is 0. The Kier molecular flexibility index (Phi) is 3.62. The van der Waals surface area contributed by atoms with E-state index in [1.54, 1.807) is 12.4 Å². The van der Waals surface area contributed by atoms with Gasteiger partial charge in [-0.05, 0) is 0 Å². The standard InChI is InChI=1S/C9H11N5O4S/c15-8-6(5-12-9(16)14-8)19(17,18)13-2-1-7-10-3-4-11-7/h3-5,13H,1-2H2,(H,10,11)(H2,12,14,15,16). The van der Waals surface area contributed by atoms with E-state index >= 15 is 0 Å². The molecule has 0 bridgehead atoms. The number of hydrogen-bond acceptors (Lipinski definition) is 5. The van der Waals surface area contributed by atoms with Gasteiger partial charge in [-0.3, -0.25) is 9.78 Å². The Bertz CT molecular complexity index is 758. The van der Waals surface area contributed by atoms with Crippen LogP contribution in [0.25, 0.3) is 0 Å². The second-order valence-electron chi connectivity index (χ2n) is 3.62. The first-order valence-electron chi connectivity index (χ1n) is 5.29. The van der Waals surface area contributed by atoms with E-state index in [1.165, 1.54) is 0 Å². The van der Waals surface area contributed by atoms with Crippen molar-refractivity contribution in [3.63, 3.8) is 0 Å². The Labute approximate surface area is 107 Å². The van der Waals surface area contributed by atoms with Crippen molar-refractivity contribution in [3.05, 3.63) is 45.3 Å². The fourth-order valence-corrected chi connectivity index (χ4v) is 2.45. The van der Waals surface area contributed by atoms with Crippen molar-refractivity contribution in [3.8, 4) is 0 Å². The molecule has 0 aliphatic carbocycles. The maximum absolute atomic E-state index is 11.8. The van der Waals surface area contributed by atoms with Crippen LogP contribution < -0.4 is 16.0 Å². The van der Waals surface area contributed by atoms with Gasteiger partial charge in [0, 0.05) is 31.6 Å². The van der Waals surface area contributed by atoms with E-state index in [0.717, 1.165) is 6.20 Å². The smallest absolute Gasteiger partial charge is 0.325 e. The zero-order valence-corrected chi connectivity index (χ0v) is 10.5. The van der Waals surface area contributed by atoms with Gasteiger partial charge in [0.2, 0.25) is 10.0 Å². The first kappa shape index (κ1) is 13.2. The Morgan fingerprint density at radius 2 is 2.05 bits per heavy atom. The fourth-order valence-electron chi connectivity index (χ4n) is 1.41. The van der Waals surface area contributed by atoms with Gasteiger partial charge >= 0.3 is 5.69 Å². The highest BCUT2D eigenvalue weighted by Gasteiger charge is 2.18. The van der Waals surface area contributed by atoms with Crippen LogP contribution in [-0.2, 0) is 16.4 Å². The number of imidazole rings is 1. The number of aromatic nitrogens is 4. The lowest BCUT2D eigenvalue weighted by atomic mass is 10.4. The first-order valence-corrected chi connectivity index (χ1v) is 6.77. The van der Waals surface area contributed by atoms with E-state index in [2.05, 4.69) is 19.7 Å². The molecule has 0 saturated carbocycles. The molecular weight excluding hydrogens is 274 g/mol. The summed E-state index contributed by atoms with van der Waals surface area (Å²) in [6, 6.07) is 0. The van der Waals surface area contributed by atoms with Crippen molar-refractivity contribution in [1.82, 2.24) is 24.7 Å². The van der Waals surface area contributed by atoms with E-state index in [4.69, 9.17) is 0 Å². The highest BCUT2D eigenvalue weighted by Crippen LogP contribution is 1.98. The van der Waals surface area contributed by atoms with Crippen molar-refractivity contribution in [2.45, 2.75) is 11.3 Å². The minimum atomic E-state index is -3.97. The zero-order valence-electron chi connectivity index (χ0n) is 9.63. The Balaban J connectivity index is 2.10. The molecule has 2 aromatic rings. The largest absolute Gasteiger partial charge is 0.349 e. The predicted molar refractivity (Wildman–Crippen MR) is 65.2 cm³/mol. The van der Waals surface area contributed by atoms with E-state index in [1.807, 2.05) is 4.98 Å². The van der Waals surface area contributed by atoms with Gasteiger partial charge in [-0.15, -0.1) is 0 Å². The predicted octanol–water partition coefficient (Wildman–Crippen LogP) is -1.69. The van der Waals surface area contributed by atoms with Crippen molar-refractivity contribution < 1.29 is 8.42 Å². The van der Waals surface area contributed by atoms with Crippen LogP contribution in [0.1, 0.15) is 5.82 Å². The number of hydrogen-bond donors (Lipinski definition) is 4. The molecule has 0 aromatic carbocycles. The molecule has 4 N–H and O–H groups in total. The summed E-state index contributed by atoms with van der Waals surface area (Å²) in [6.45, 7) is 0.0778. The third kappa shape index (κ3) is 3.17. The Hall–Kier alpha value is -2.20. The molecule has 2 aromatic heterocycles. The number of rotatable bonds is 5. The average molecular weight is 285 g/mol. The van der Waals surface area contributed by atoms with E-state index in [-0.39, 0.29) is 6.54 Å². The minimum absolute atomic E-state index is 0.0778. The molecule has 0 amide bonds. The van der Waals surface area contributed by atoms with Gasteiger partial charge in [0.25, 0.3) is 5.56 Å². The normalized spacial score (nSPS) is 11.6. The van der Waals surface area contributed by atoms with Crippen LogP contribution in [0.5, 0.6) is 0 Å². The van der Waals surface area contributed by atoms with Crippen molar-refractivity contribution in [1.29, 1.82) is 0 Å². The van der Waals surface area contributed by atoms with Crippen LogP contribution in [0.2, 0.25) is 0 Å². The van der Waals surface area contributed by atoms with Gasteiger partial charge in [-0.1, -0.05) is 0 Å². The Morgan fingerprint density at radius 3 is 2.68 bits per heavy atom. The Morgan fingerprint density at radius 1 is 1.26 bits per heavy atom. The number of sulfonamides is 1. The van der Waals surface area contributed by atoms with Crippen molar-refractivity contribution in [2.75, 3.05) is 6.54 Å². The number of H-pyrrole nitrogens is 3. The summed E-state index contributed by atoms with van der Waals surface area (Å²) in [7, 11) is -3.97. The van der Waals surface area contributed by atoms with Crippen LogP contribution in [0.3, 0.4) is 0 Å². The number of nitrogens with zero attached hydrogens (tertiary/aromatic N) is 1. The molecule has 0 saturated heterocycles. The van der Waals surface area contributed by atoms with Crippen LogP contribution >= 0.6 is 0 Å². The molecule has 2 rings (SSSR count). The highest BCUT2D eigenvalue weighted by atomic mass is 32.2. The lowest BCUT2D eigenvalue weighted by molar-refractivity contribution is 0.578. The lowest BCUT2D eigenvalue weighted by Gasteiger charge is -2.04. The zero-order chi connectivity index (χ0) is 13.9. The summed E-state index contributed by atoms with van der Waals surface area (Å²) in [6.07, 6.45) is 4.39. The van der Waals surface area contributed by atoms with Gasteiger partial charge in [-0.25, -0.2) is 22.9 Å². The molecule has 0 unspecified atom stereocenters. The fraction of sp³-hybridized carbons (Fsp3) is 0.222. The summed E-state index contributed by atoms with van der Waals surface area (Å²) < 4.78 is 25.9. The number of aromatic amines is 3. The summed E-state index contributed by atoms with van der Waals surface area (Å²) >= 11 is 0. The maximum atomic E-state index is 11.8. The lowest BCUT2D eigenvalue weighted by Crippen LogP contribution is -2.34. The maximum Gasteiger partial charge on any atom is 0.325 e. The van der Waals surface area contributed by atoms with Crippen molar-refractivity contribution >= 4 is 10.0 Å². The van der Waals surface area contributed by atoms with E-state index < -0.39 is 26.2 Å². The third-order valence-electron chi connectivity index (χ3n) is 2.28. The monoisotopic (exact) mass is 285 g/mol. The molecule has 0 radical (unpaired) electrons.